The van der Waals surface area contributed by atoms with E-state index in [4.69, 9.17) is 9.47 Å². The van der Waals surface area contributed by atoms with Crippen molar-refractivity contribution < 1.29 is 17.9 Å². The first-order chi connectivity index (χ1) is 13.4. The first-order valence-electron chi connectivity index (χ1n) is 10.6. The van der Waals surface area contributed by atoms with Gasteiger partial charge in [0.25, 0.3) is 0 Å². The summed E-state index contributed by atoms with van der Waals surface area (Å²) in [6.45, 7) is 2.15. The zero-order valence-corrected chi connectivity index (χ0v) is 18.1. The van der Waals surface area contributed by atoms with Gasteiger partial charge < -0.3 is 9.47 Å². The average Bonchev–Trinajstić information content (AvgIpc) is 2.66. The maximum absolute atomic E-state index is 13.4. The minimum Gasteiger partial charge on any atom is -0.497 e. The summed E-state index contributed by atoms with van der Waals surface area (Å²) in [6, 6.07) is 4.90. The Labute approximate surface area is 169 Å². The highest BCUT2D eigenvalue weighted by Gasteiger charge is 2.54. The Morgan fingerprint density at radius 1 is 1.07 bits per heavy atom. The Hall–Kier alpha value is -1.27. The van der Waals surface area contributed by atoms with Crippen LogP contribution < -0.4 is 14.2 Å². The standard InChI is InChI=1S/C22H33NO4S/c1-4-5-21(22-12-15-8-16(13-22)10-17(9-15)14-22)23-28(24,25)20-7-6-18(26-2)11-19(20)27-3/h6-7,11,15-17,21,23H,4-5,8-10,12-14H2,1-3H3. The van der Waals surface area contributed by atoms with E-state index in [9.17, 15) is 8.42 Å². The fourth-order valence-corrected chi connectivity index (χ4v) is 8.15. The molecule has 0 aliphatic heterocycles. The summed E-state index contributed by atoms with van der Waals surface area (Å²) in [4.78, 5) is 0.196. The Kier molecular flexibility index (Phi) is 5.38. The van der Waals surface area contributed by atoms with Crippen molar-refractivity contribution in [1.29, 1.82) is 0 Å². The van der Waals surface area contributed by atoms with Crippen molar-refractivity contribution in [2.75, 3.05) is 14.2 Å². The molecule has 156 valence electrons. The Balaban J connectivity index is 1.63. The monoisotopic (exact) mass is 407 g/mol. The third-order valence-corrected chi connectivity index (χ3v) is 8.87. The Morgan fingerprint density at radius 3 is 2.18 bits per heavy atom. The smallest absolute Gasteiger partial charge is 0.244 e. The lowest BCUT2D eigenvalue weighted by atomic mass is 9.47. The molecule has 1 N–H and O–H groups in total. The van der Waals surface area contributed by atoms with Crippen LogP contribution >= 0.6 is 0 Å². The first kappa shape index (κ1) is 20.0. The zero-order chi connectivity index (χ0) is 19.9. The van der Waals surface area contributed by atoms with Gasteiger partial charge in [-0.05, 0) is 80.2 Å². The van der Waals surface area contributed by atoms with E-state index >= 15 is 0 Å². The molecule has 4 bridgehead atoms. The van der Waals surface area contributed by atoms with Crippen molar-refractivity contribution >= 4 is 10.0 Å². The van der Waals surface area contributed by atoms with E-state index < -0.39 is 10.0 Å². The number of sulfonamides is 1. The highest BCUT2D eigenvalue weighted by Crippen LogP contribution is 2.61. The highest BCUT2D eigenvalue weighted by molar-refractivity contribution is 7.89. The van der Waals surface area contributed by atoms with E-state index in [1.54, 1.807) is 25.3 Å². The van der Waals surface area contributed by atoms with Crippen molar-refractivity contribution in [2.45, 2.75) is 69.2 Å². The summed E-state index contributed by atoms with van der Waals surface area (Å²) < 4.78 is 40.4. The van der Waals surface area contributed by atoms with Crippen molar-refractivity contribution in [3.05, 3.63) is 18.2 Å². The normalized spacial score (nSPS) is 32.3. The molecule has 1 aromatic rings. The largest absolute Gasteiger partial charge is 0.497 e. The molecular formula is C22H33NO4S. The van der Waals surface area contributed by atoms with Crippen molar-refractivity contribution in [1.82, 2.24) is 4.72 Å². The minimum absolute atomic E-state index is 0.00251. The fourth-order valence-electron chi connectivity index (χ4n) is 6.63. The zero-order valence-electron chi connectivity index (χ0n) is 17.2. The first-order valence-corrected chi connectivity index (χ1v) is 12.1. The van der Waals surface area contributed by atoms with Crippen LogP contribution in [-0.2, 0) is 10.0 Å². The summed E-state index contributed by atoms with van der Waals surface area (Å²) in [7, 11) is -0.616. The average molecular weight is 408 g/mol. The molecule has 0 saturated heterocycles. The van der Waals surface area contributed by atoms with Crippen LogP contribution in [0.25, 0.3) is 0 Å². The number of hydrogen-bond donors (Lipinski definition) is 1. The molecule has 0 aromatic heterocycles. The summed E-state index contributed by atoms with van der Waals surface area (Å²) in [6.07, 6.45) is 9.51. The van der Waals surface area contributed by atoms with Crippen LogP contribution in [0.1, 0.15) is 58.3 Å². The molecule has 4 aliphatic carbocycles. The second kappa shape index (κ2) is 7.52. The minimum atomic E-state index is -3.67. The lowest BCUT2D eigenvalue weighted by molar-refractivity contribution is -0.0712. The maximum atomic E-state index is 13.4. The van der Waals surface area contributed by atoms with Gasteiger partial charge in [0, 0.05) is 12.1 Å². The number of methoxy groups -OCH3 is 2. The van der Waals surface area contributed by atoms with Crippen molar-refractivity contribution in [3.63, 3.8) is 0 Å². The van der Waals surface area contributed by atoms with Gasteiger partial charge in [0.1, 0.15) is 16.4 Å². The molecule has 5 nitrogen and oxygen atoms in total. The predicted octanol–water partition coefficient (Wildman–Crippen LogP) is 4.37. The van der Waals surface area contributed by atoms with Gasteiger partial charge in [-0.1, -0.05) is 13.3 Å². The topological polar surface area (TPSA) is 64.6 Å². The van der Waals surface area contributed by atoms with Gasteiger partial charge in [-0.3, -0.25) is 0 Å². The maximum Gasteiger partial charge on any atom is 0.244 e. The molecule has 1 unspecified atom stereocenters. The molecule has 28 heavy (non-hydrogen) atoms. The van der Waals surface area contributed by atoms with E-state index in [0.717, 1.165) is 30.6 Å². The van der Waals surface area contributed by atoms with Crippen LogP contribution in [0.3, 0.4) is 0 Å². The number of hydrogen-bond acceptors (Lipinski definition) is 4. The molecule has 4 fully saturated rings. The highest BCUT2D eigenvalue weighted by atomic mass is 32.2. The third kappa shape index (κ3) is 3.54. The molecular weight excluding hydrogens is 374 g/mol. The quantitative estimate of drug-likeness (QED) is 0.695. The van der Waals surface area contributed by atoms with Crippen LogP contribution in [0.2, 0.25) is 0 Å². The fraction of sp³-hybridized carbons (Fsp3) is 0.727. The SMILES string of the molecule is CCCC(NS(=O)(=O)c1ccc(OC)cc1OC)C12CC3CC(CC(C3)C1)C2. The number of ether oxygens (including phenoxy) is 2. The van der Waals surface area contributed by atoms with Crippen LogP contribution in [-0.4, -0.2) is 28.7 Å². The number of rotatable bonds is 8. The molecule has 0 radical (unpaired) electrons. The van der Waals surface area contributed by atoms with Crippen LogP contribution in [0.4, 0.5) is 0 Å². The van der Waals surface area contributed by atoms with E-state index in [0.29, 0.717) is 11.5 Å². The Bertz CT molecular complexity index is 785. The van der Waals surface area contributed by atoms with Gasteiger partial charge in [-0.2, -0.15) is 0 Å². The van der Waals surface area contributed by atoms with E-state index in [1.165, 1.54) is 45.6 Å². The molecule has 1 atom stereocenters. The van der Waals surface area contributed by atoms with Gasteiger partial charge in [0.15, 0.2) is 0 Å². The lowest BCUT2D eigenvalue weighted by Crippen LogP contribution is -2.56. The van der Waals surface area contributed by atoms with Crippen LogP contribution in [0.15, 0.2) is 23.1 Å². The molecule has 0 spiro atoms. The molecule has 1 aromatic carbocycles. The molecule has 4 saturated carbocycles. The van der Waals surface area contributed by atoms with Gasteiger partial charge in [-0.15, -0.1) is 0 Å². The Morgan fingerprint density at radius 2 is 1.68 bits per heavy atom. The molecule has 0 amide bonds. The van der Waals surface area contributed by atoms with Crippen LogP contribution in [0, 0.1) is 23.2 Å². The second-order valence-electron chi connectivity index (χ2n) is 9.26. The summed E-state index contributed by atoms with van der Waals surface area (Å²) in [5.74, 6) is 3.30. The summed E-state index contributed by atoms with van der Waals surface area (Å²) in [5.41, 5.74) is 0.136. The van der Waals surface area contributed by atoms with Crippen molar-refractivity contribution in [3.8, 4) is 11.5 Å². The lowest BCUT2D eigenvalue weighted by Gasteiger charge is -2.59. The van der Waals surface area contributed by atoms with E-state index in [-0.39, 0.29) is 16.4 Å². The number of nitrogens with one attached hydrogen (secondary N) is 1. The summed E-state index contributed by atoms with van der Waals surface area (Å²) >= 11 is 0. The van der Waals surface area contributed by atoms with E-state index in [2.05, 4.69) is 11.6 Å². The predicted molar refractivity (Wildman–Crippen MR) is 109 cm³/mol. The number of benzene rings is 1. The van der Waals surface area contributed by atoms with Crippen LogP contribution in [0.5, 0.6) is 11.5 Å². The summed E-state index contributed by atoms with van der Waals surface area (Å²) in [5, 5.41) is 0. The molecule has 6 heteroatoms. The van der Waals surface area contributed by atoms with Gasteiger partial charge in [-0.25, -0.2) is 13.1 Å². The van der Waals surface area contributed by atoms with Gasteiger partial charge in [0.05, 0.1) is 14.2 Å². The van der Waals surface area contributed by atoms with Crippen molar-refractivity contribution in [2.24, 2.45) is 23.2 Å². The second-order valence-corrected chi connectivity index (χ2v) is 10.9. The molecule has 4 aliphatic rings. The third-order valence-electron chi connectivity index (χ3n) is 7.36. The molecule has 0 heterocycles. The van der Waals surface area contributed by atoms with E-state index in [1.807, 2.05) is 0 Å². The van der Waals surface area contributed by atoms with Gasteiger partial charge >= 0.3 is 0 Å². The molecule has 5 rings (SSSR count). The van der Waals surface area contributed by atoms with Gasteiger partial charge in [0.2, 0.25) is 10.0 Å².